The summed E-state index contributed by atoms with van der Waals surface area (Å²) in [7, 11) is 0. The zero-order valence-corrected chi connectivity index (χ0v) is 6.61. The number of aromatic nitrogens is 2. The van der Waals surface area contributed by atoms with Crippen LogP contribution in [0.1, 0.15) is 22.6 Å². The van der Waals surface area contributed by atoms with E-state index in [1.807, 2.05) is 6.92 Å². The first-order chi connectivity index (χ1) is 5.77. The Balaban J connectivity index is 2.62. The van der Waals surface area contributed by atoms with Crippen molar-refractivity contribution in [3.63, 3.8) is 0 Å². The van der Waals surface area contributed by atoms with E-state index in [9.17, 15) is 4.79 Å². The molecule has 60 valence electrons. The van der Waals surface area contributed by atoms with Gasteiger partial charge in [0.2, 0.25) is 0 Å². The zero-order valence-electron chi connectivity index (χ0n) is 6.61. The Hall–Kier alpha value is -1.58. The molecule has 0 N–H and O–H groups in total. The molecule has 0 unspecified atom stereocenters. The third-order valence-electron chi connectivity index (χ3n) is 1.63. The van der Waals surface area contributed by atoms with Crippen molar-refractivity contribution in [2.75, 3.05) is 0 Å². The number of carbonyl (C=O) groups excluding carboxylic acids is 1. The fraction of sp³-hybridized carbons (Fsp3) is 0.250. The van der Waals surface area contributed by atoms with Crippen molar-refractivity contribution in [2.24, 2.45) is 4.99 Å². The molecule has 0 amide bonds. The highest BCUT2D eigenvalue weighted by atomic mass is 16.1. The number of aryl methyl sites for hydroxylation is 1. The van der Waals surface area contributed by atoms with Crippen LogP contribution in [0, 0.1) is 6.92 Å². The summed E-state index contributed by atoms with van der Waals surface area (Å²) in [5, 5.41) is 0. The SMILES string of the molecule is Cc1cnc2c(n1)N=CCC2=O. The number of nitrogens with zero attached hydrogens (tertiary/aromatic N) is 3. The molecule has 12 heavy (non-hydrogen) atoms. The van der Waals surface area contributed by atoms with Crippen LogP contribution in [0.15, 0.2) is 11.2 Å². The van der Waals surface area contributed by atoms with Crippen LogP contribution in [0.2, 0.25) is 0 Å². The van der Waals surface area contributed by atoms with E-state index >= 15 is 0 Å². The average Bonchev–Trinajstić information content (AvgIpc) is 2.04. The predicted octanol–water partition coefficient (Wildman–Crippen LogP) is 1.07. The van der Waals surface area contributed by atoms with Crippen molar-refractivity contribution in [2.45, 2.75) is 13.3 Å². The van der Waals surface area contributed by atoms with Crippen molar-refractivity contribution in [1.29, 1.82) is 0 Å². The Labute approximate surface area is 69.4 Å². The van der Waals surface area contributed by atoms with E-state index in [4.69, 9.17) is 0 Å². The molecule has 0 bridgehead atoms. The number of hydrogen-bond donors (Lipinski definition) is 0. The van der Waals surface area contributed by atoms with Gasteiger partial charge in [-0.05, 0) is 6.92 Å². The van der Waals surface area contributed by atoms with Gasteiger partial charge in [-0.25, -0.2) is 15.0 Å². The van der Waals surface area contributed by atoms with E-state index in [-0.39, 0.29) is 5.78 Å². The lowest BCUT2D eigenvalue weighted by Gasteiger charge is -2.05. The Morgan fingerprint density at radius 2 is 2.33 bits per heavy atom. The summed E-state index contributed by atoms with van der Waals surface area (Å²) in [6.45, 7) is 1.82. The maximum atomic E-state index is 11.2. The van der Waals surface area contributed by atoms with Crippen molar-refractivity contribution in [3.8, 4) is 0 Å². The van der Waals surface area contributed by atoms with E-state index in [1.54, 1.807) is 12.4 Å². The van der Waals surface area contributed by atoms with Crippen molar-refractivity contribution in [3.05, 3.63) is 17.6 Å². The lowest BCUT2D eigenvalue weighted by atomic mass is 10.2. The van der Waals surface area contributed by atoms with Gasteiger partial charge in [-0.1, -0.05) is 0 Å². The molecule has 2 rings (SSSR count). The monoisotopic (exact) mass is 161 g/mol. The molecule has 0 atom stereocenters. The zero-order chi connectivity index (χ0) is 8.55. The van der Waals surface area contributed by atoms with Crippen molar-refractivity contribution >= 4 is 17.8 Å². The molecule has 1 aromatic heterocycles. The molecule has 4 heteroatoms. The number of rotatable bonds is 0. The van der Waals surface area contributed by atoms with E-state index in [0.29, 0.717) is 17.9 Å². The molecule has 0 saturated heterocycles. The van der Waals surface area contributed by atoms with Crippen LogP contribution < -0.4 is 0 Å². The van der Waals surface area contributed by atoms with Crippen LogP contribution in [0.3, 0.4) is 0 Å². The van der Waals surface area contributed by atoms with E-state index in [2.05, 4.69) is 15.0 Å². The highest BCUT2D eigenvalue weighted by Gasteiger charge is 2.16. The highest BCUT2D eigenvalue weighted by Crippen LogP contribution is 2.18. The molecule has 1 aliphatic rings. The van der Waals surface area contributed by atoms with Gasteiger partial charge in [-0.3, -0.25) is 4.79 Å². The van der Waals surface area contributed by atoms with Gasteiger partial charge in [0, 0.05) is 18.8 Å². The summed E-state index contributed by atoms with van der Waals surface area (Å²) in [4.78, 5) is 23.2. The number of hydrogen-bond acceptors (Lipinski definition) is 4. The van der Waals surface area contributed by atoms with Crippen molar-refractivity contribution in [1.82, 2.24) is 9.97 Å². The lowest BCUT2D eigenvalue weighted by molar-refractivity contribution is 0.0996. The standard InChI is InChI=1S/C8H7N3O/c1-5-4-10-7-6(12)2-3-9-8(7)11-5/h3-4H,2H2,1H3. The first kappa shape index (κ1) is 7.09. The summed E-state index contributed by atoms with van der Waals surface area (Å²) >= 11 is 0. The number of Topliss-reactive ketones (excluding diaryl/α,β-unsaturated/α-hetero) is 1. The molecular weight excluding hydrogens is 154 g/mol. The van der Waals surface area contributed by atoms with Gasteiger partial charge in [0.05, 0.1) is 5.69 Å². The smallest absolute Gasteiger partial charge is 0.190 e. The summed E-state index contributed by atoms with van der Waals surface area (Å²) < 4.78 is 0. The predicted molar refractivity (Wildman–Crippen MR) is 43.9 cm³/mol. The maximum absolute atomic E-state index is 11.2. The molecule has 0 saturated carbocycles. The van der Waals surface area contributed by atoms with Crippen LogP contribution in [0.25, 0.3) is 0 Å². The fourth-order valence-corrected chi connectivity index (χ4v) is 1.06. The van der Waals surface area contributed by atoms with Gasteiger partial charge in [-0.2, -0.15) is 0 Å². The van der Waals surface area contributed by atoms with Crippen LogP contribution in [0.4, 0.5) is 5.82 Å². The molecule has 0 aromatic carbocycles. The number of aliphatic imine (C=N–C) groups is 1. The molecule has 0 fully saturated rings. The Morgan fingerprint density at radius 3 is 3.17 bits per heavy atom. The second-order valence-electron chi connectivity index (χ2n) is 2.62. The van der Waals surface area contributed by atoms with Crippen LogP contribution >= 0.6 is 0 Å². The van der Waals surface area contributed by atoms with Gasteiger partial charge in [-0.15, -0.1) is 0 Å². The molecule has 4 nitrogen and oxygen atoms in total. The first-order valence-corrected chi connectivity index (χ1v) is 3.67. The van der Waals surface area contributed by atoms with Gasteiger partial charge >= 0.3 is 0 Å². The summed E-state index contributed by atoms with van der Waals surface area (Å²) in [5.74, 6) is 0.443. The van der Waals surface area contributed by atoms with Gasteiger partial charge in [0.25, 0.3) is 0 Å². The normalized spacial score (nSPS) is 14.6. The minimum atomic E-state index is -0.00694. The third-order valence-corrected chi connectivity index (χ3v) is 1.63. The quantitative estimate of drug-likeness (QED) is 0.572. The van der Waals surface area contributed by atoms with Crippen LogP contribution in [0.5, 0.6) is 0 Å². The Bertz CT molecular complexity index is 371. The second kappa shape index (κ2) is 2.48. The minimum Gasteiger partial charge on any atom is -0.292 e. The Morgan fingerprint density at radius 1 is 1.50 bits per heavy atom. The minimum absolute atomic E-state index is 0.00694. The molecule has 0 radical (unpaired) electrons. The van der Waals surface area contributed by atoms with E-state index in [0.717, 1.165) is 5.69 Å². The van der Waals surface area contributed by atoms with Crippen LogP contribution in [-0.4, -0.2) is 22.0 Å². The largest absolute Gasteiger partial charge is 0.292 e. The molecule has 0 spiro atoms. The summed E-state index contributed by atoms with van der Waals surface area (Å²) in [6.07, 6.45) is 3.49. The molecule has 1 aliphatic heterocycles. The summed E-state index contributed by atoms with van der Waals surface area (Å²) in [5.41, 5.74) is 1.17. The third kappa shape index (κ3) is 1.01. The lowest BCUT2D eigenvalue weighted by Crippen LogP contribution is -2.08. The van der Waals surface area contributed by atoms with E-state index < -0.39 is 0 Å². The fourth-order valence-electron chi connectivity index (χ4n) is 1.06. The van der Waals surface area contributed by atoms with Gasteiger partial charge in [0.15, 0.2) is 17.3 Å². The number of carbonyl (C=O) groups is 1. The second-order valence-corrected chi connectivity index (χ2v) is 2.62. The number of ketones is 1. The molecular formula is C8H7N3O. The van der Waals surface area contributed by atoms with Gasteiger partial charge < -0.3 is 0 Å². The Kier molecular flexibility index (Phi) is 1.46. The molecule has 0 aliphatic carbocycles. The topological polar surface area (TPSA) is 55.2 Å². The van der Waals surface area contributed by atoms with E-state index in [1.165, 1.54) is 0 Å². The first-order valence-electron chi connectivity index (χ1n) is 3.67. The highest BCUT2D eigenvalue weighted by molar-refractivity contribution is 6.07. The molecule has 2 heterocycles. The number of fused-ring (bicyclic) bond motifs is 1. The van der Waals surface area contributed by atoms with Crippen LogP contribution in [-0.2, 0) is 0 Å². The average molecular weight is 161 g/mol. The maximum Gasteiger partial charge on any atom is 0.190 e. The molecule has 1 aromatic rings. The summed E-state index contributed by atoms with van der Waals surface area (Å²) in [6, 6.07) is 0. The van der Waals surface area contributed by atoms with Gasteiger partial charge in [0.1, 0.15) is 0 Å². The van der Waals surface area contributed by atoms with Crippen molar-refractivity contribution < 1.29 is 4.79 Å².